The molecule has 1 aromatic carbocycles. The fourth-order valence-electron chi connectivity index (χ4n) is 1.62. The van der Waals surface area contributed by atoms with Gasteiger partial charge in [0.25, 0.3) is 0 Å². The summed E-state index contributed by atoms with van der Waals surface area (Å²) in [7, 11) is 3.24. The largest absolute Gasteiger partial charge is 0.508 e. The number of phenolic OH excluding ortho intramolecular Hbond substituents is 1. The monoisotopic (exact) mass is 295 g/mol. The molecular weight excluding hydrogens is 278 g/mol. The molecule has 108 valence electrons. The van der Waals surface area contributed by atoms with Gasteiger partial charge in [0.15, 0.2) is 0 Å². The van der Waals surface area contributed by atoms with Crippen LogP contribution in [-0.4, -0.2) is 35.3 Å². The van der Waals surface area contributed by atoms with E-state index in [4.69, 9.17) is 9.47 Å². The summed E-state index contributed by atoms with van der Waals surface area (Å²) in [5.41, 5.74) is 0.748. The predicted molar refractivity (Wildman–Crippen MR) is 77.5 cm³/mol. The molecule has 2 rings (SSSR count). The highest BCUT2D eigenvalue weighted by molar-refractivity contribution is 7.09. The molecule has 0 saturated heterocycles. The average molecular weight is 295 g/mol. The molecule has 2 N–H and O–H groups in total. The second kappa shape index (κ2) is 7.06. The average Bonchev–Trinajstić information content (AvgIpc) is 2.92. The lowest BCUT2D eigenvalue weighted by Crippen LogP contribution is -2.01. The molecular formula is C13H17N3O3S. The molecule has 6 nitrogen and oxygen atoms in total. The van der Waals surface area contributed by atoms with Gasteiger partial charge < -0.3 is 19.9 Å². The number of rotatable bonds is 7. The summed E-state index contributed by atoms with van der Waals surface area (Å²) in [4.78, 5) is 4.34. The van der Waals surface area contributed by atoms with E-state index in [0.29, 0.717) is 25.3 Å². The molecule has 0 bridgehead atoms. The number of nitrogens with zero attached hydrogens (tertiary/aromatic N) is 2. The Labute approximate surface area is 121 Å². The van der Waals surface area contributed by atoms with Crippen LogP contribution in [0.15, 0.2) is 18.2 Å². The zero-order chi connectivity index (χ0) is 14.4. The molecule has 0 spiro atoms. The van der Waals surface area contributed by atoms with Gasteiger partial charge >= 0.3 is 0 Å². The van der Waals surface area contributed by atoms with Crippen LogP contribution in [0, 0.1) is 0 Å². The van der Waals surface area contributed by atoms with Gasteiger partial charge in [0, 0.05) is 37.2 Å². The van der Waals surface area contributed by atoms with Gasteiger partial charge in [0.2, 0.25) is 5.13 Å². The first-order valence-electron chi connectivity index (χ1n) is 6.14. The van der Waals surface area contributed by atoms with Gasteiger partial charge in [0.05, 0.1) is 13.7 Å². The molecule has 1 heterocycles. The topological polar surface area (TPSA) is 76.5 Å². The third-order valence-corrected chi connectivity index (χ3v) is 3.43. The van der Waals surface area contributed by atoms with Crippen LogP contribution in [0.5, 0.6) is 11.5 Å². The summed E-state index contributed by atoms with van der Waals surface area (Å²) < 4.78 is 14.3. The molecule has 0 unspecified atom stereocenters. The van der Waals surface area contributed by atoms with Crippen molar-refractivity contribution in [1.29, 1.82) is 0 Å². The van der Waals surface area contributed by atoms with Gasteiger partial charge in [-0.3, -0.25) is 0 Å². The van der Waals surface area contributed by atoms with E-state index in [2.05, 4.69) is 14.7 Å². The lowest BCUT2D eigenvalue weighted by atomic mass is 10.2. The Morgan fingerprint density at radius 2 is 2.20 bits per heavy atom. The van der Waals surface area contributed by atoms with Crippen molar-refractivity contribution in [3.63, 3.8) is 0 Å². The highest BCUT2D eigenvalue weighted by Crippen LogP contribution is 2.24. The van der Waals surface area contributed by atoms with Crippen LogP contribution in [0.3, 0.4) is 0 Å². The standard InChI is InChI=1S/C13H17N3O3S/c1-18-6-5-12-15-13(20-16-12)14-8-9-7-10(19-2)3-4-11(9)17/h3-4,7,17H,5-6,8H2,1-2H3,(H,14,15,16). The molecule has 20 heavy (non-hydrogen) atoms. The van der Waals surface area contributed by atoms with Crippen molar-refractivity contribution < 1.29 is 14.6 Å². The number of hydrogen-bond acceptors (Lipinski definition) is 7. The van der Waals surface area contributed by atoms with Crippen molar-refractivity contribution in [3.05, 3.63) is 29.6 Å². The van der Waals surface area contributed by atoms with Gasteiger partial charge in [-0.2, -0.15) is 4.37 Å². The Balaban J connectivity index is 1.96. The van der Waals surface area contributed by atoms with Crippen LogP contribution in [0.2, 0.25) is 0 Å². The number of aromatic nitrogens is 2. The number of aromatic hydroxyl groups is 1. The smallest absolute Gasteiger partial charge is 0.202 e. The molecule has 0 aliphatic carbocycles. The van der Waals surface area contributed by atoms with E-state index in [9.17, 15) is 5.11 Å². The van der Waals surface area contributed by atoms with Gasteiger partial charge in [-0.1, -0.05) is 0 Å². The van der Waals surface area contributed by atoms with E-state index < -0.39 is 0 Å². The molecule has 0 amide bonds. The normalized spacial score (nSPS) is 10.5. The fraction of sp³-hybridized carbons (Fsp3) is 0.385. The summed E-state index contributed by atoms with van der Waals surface area (Å²) >= 11 is 1.29. The first-order valence-corrected chi connectivity index (χ1v) is 6.91. The van der Waals surface area contributed by atoms with E-state index in [1.165, 1.54) is 11.5 Å². The van der Waals surface area contributed by atoms with Gasteiger partial charge in [-0.15, -0.1) is 0 Å². The molecule has 2 aromatic rings. The van der Waals surface area contributed by atoms with E-state index in [-0.39, 0.29) is 5.75 Å². The summed E-state index contributed by atoms with van der Waals surface area (Å²) in [5.74, 6) is 1.69. The number of ether oxygens (including phenoxy) is 2. The molecule has 1 aromatic heterocycles. The van der Waals surface area contributed by atoms with Crippen molar-refractivity contribution >= 4 is 16.7 Å². The Morgan fingerprint density at radius 3 is 2.95 bits per heavy atom. The minimum atomic E-state index is 0.224. The van der Waals surface area contributed by atoms with Crippen LogP contribution in [0.4, 0.5) is 5.13 Å². The molecule has 0 aliphatic heterocycles. The Hall–Kier alpha value is -1.86. The van der Waals surface area contributed by atoms with E-state index in [0.717, 1.165) is 16.5 Å². The molecule has 0 aliphatic rings. The van der Waals surface area contributed by atoms with Crippen molar-refractivity contribution in [3.8, 4) is 11.5 Å². The van der Waals surface area contributed by atoms with Gasteiger partial charge in [-0.05, 0) is 18.2 Å². The highest BCUT2D eigenvalue weighted by Gasteiger charge is 2.06. The molecule has 0 radical (unpaired) electrons. The number of methoxy groups -OCH3 is 2. The van der Waals surface area contributed by atoms with Crippen LogP contribution < -0.4 is 10.1 Å². The number of anilines is 1. The fourth-order valence-corrected chi connectivity index (χ4v) is 2.23. The number of hydrogen-bond donors (Lipinski definition) is 2. The Morgan fingerprint density at radius 1 is 1.35 bits per heavy atom. The summed E-state index contributed by atoms with van der Waals surface area (Å²) in [6.45, 7) is 1.06. The number of phenols is 1. The third-order valence-electron chi connectivity index (χ3n) is 2.71. The number of nitrogens with one attached hydrogen (secondary N) is 1. The second-order valence-corrected chi connectivity index (χ2v) is 4.86. The highest BCUT2D eigenvalue weighted by atomic mass is 32.1. The minimum Gasteiger partial charge on any atom is -0.508 e. The van der Waals surface area contributed by atoms with Gasteiger partial charge in [-0.25, -0.2) is 4.98 Å². The van der Waals surface area contributed by atoms with Crippen molar-refractivity contribution in [2.24, 2.45) is 0 Å². The maximum absolute atomic E-state index is 9.79. The van der Waals surface area contributed by atoms with Crippen molar-refractivity contribution in [2.75, 3.05) is 26.1 Å². The van der Waals surface area contributed by atoms with Crippen LogP contribution in [0.1, 0.15) is 11.4 Å². The Bertz CT molecular complexity index is 560. The van der Waals surface area contributed by atoms with Gasteiger partial charge in [0.1, 0.15) is 17.3 Å². The summed E-state index contributed by atoms with van der Waals surface area (Å²) in [5, 5.41) is 13.6. The zero-order valence-electron chi connectivity index (χ0n) is 11.4. The SMILES string of the molecule is COCCc1nsc(NCc2cc(OC)ccc2O)n1. The van der Waals surface area contributed by atoms with Crippen molar-refractivity contribution in [1.82, 2.24) is 9.36 Å². The first kappa shape index (κ1) is 14.5. The molecule has 0 fully saturated rings. The molecule has 0 saturated carbocycles. The van der Waals surface area contributed by atoms with E-state index in [1.54, 1.807) is 32.4 Å². The molecule has 0 atom stereocenters. The summed E-state index contributed by atoms with van der Waals surface area (Å²) in [6.07, 6.45) is 0.694. The Kier molecular flexibility index (Phi) is 5.14. The summed E-state index contributed by atoms with van der Waals surface area (Å²) in [6, 6.07) is 5.11. The maximum Gasteiger partial charge on any atom is 0.202 e. The lowest BCUT2D eigenvalue weighted by molar-refractivity contribution is 0.201. The van der Waals surface area contributed by atoms with Crippen molar-refractivity contribution in [2.45, 2.75) is 13.0 Å². The maximum atomic E-state index is 9.79. The van der Waals surface area contributed by atoms with Crippen LogP contribution >= 0.6 is 11.5 Å². The second-order valence-electron chi connectivity index (χ2n) is 4.11. The van der Waals surface area contributed by atoms with Crippen LogP contribution in [-0.2, 0) is 17.7 Å². The predicted octanol–water partition coefficient (Wildman–Crippen LogP) is 2.05. The third kappa shape index (κ3) is 3.82. The van der Waals surface area contributed by atoms with Crippen LogP contribution in [0.25, 0.3) is 0 Å². The van der Waals surface area contributed by atoms with E-state index >= 15 is 0 Å². The minimum absolute atomic E-state index is 0.224. The van der Waals surface area contributed by atoms with E-state index in [1.807, 2.05) is 0 Å². The number of benzene rings is 1. The zero-order valence-corrected chi connectivity index (χ0v) is 12.2. The molecule has 7 heteroatoms. The quantitative estimate of drug-likeness (QED) is 0.814. The first-order chi connectivity index (χ1) is 9.72. The lowest BCUT2D eigenvalue weighted by Gasteiger charge is -2.07.